The Morgan fingerprint density at radius 1 is 1.43 bits per heavy atom. The van der Waals surface area contributed by atoms with Crippen LogP contribution in [-0.2, 0) is 6.61 Å². The van der Waals surface area contributed by atoms with Gasteiger partial charge in [-0.25, -0.2) is 0 Å². The molecule has 0 unspecified atom stereocenters. The SMILES string of the molecule is CC1=C(c2ncccc2COc2c[nH]c(=O)cc2C=O)CN=C1. The number of carbonyl (C=O) groups is 1. The van der Waals surface area contributed by atoms with Gasteiger partial charge < -0.3 is 9.72 Å². The first-order valence-corrected chi connectivity index (χ1v) is 7.13. The molecule has 2 aromatic rings. The van der Waals surface area contributed by atoms with E-state index >= 15 is 0 Å². The van der Waals surface area contributed by atoms with Crippen LogP contribution in [0.1, 0.15) is 28.5 Å². The second-order valence-corrected chi connectivity index (χ2v) is 5.17. The number of aldehydes is 1. The fourth-order valence-corrected chi connectivity index (χ4v) is 2.41. The molecule has 0 aromatic carbocycles. The highest BCUT2D eigenvalue weighted by Gasteiger charge is 2.15. The normalized spacial score (nSPS) is 13.4. The van der Waals surface area contributed by atoms with Gasteiger partial charge in [0, 0.05) is 35.8 Å². The molecule has 0 atom stereocenters. The van der Waals surface area contributed by atoms with E-state index in [1.807, 2.05) is 25.3 Å². The van der Waals surface area contributed by atoms with Crippen molar-refractivity contribution in [1.82, 2.24) is 9.97 Å². The molecule has 0 radical (unpaired) electrons. The van der Waals surface area contributed by atoms with Gasteiger partial charge in [-0.3, -0.25) is 19.6 Å². The summed E-state index contributed by atoms with van der Waals surface area (Å²) in [6.45, 7) is 2.85. The molecule has 23 heavy (non-hydrogen) atoms. The van der Waals surface area contributed by atoms with Gasteiger partial charge in [0.15, 0.2) is 6.29 Å². The van der Waals surface area contributed by atoms with Crippen LogP contribution in [0.2, 0.25) is 0 Å². The minimum Gasteiger partial charge on any atom is -0.487 e. The molecule has 6 heteroatoms. The number of hydrogen-bond donors (Lipinski definition) is 1. The first kappa shape index (κ1) is 14.9. The Hall–Kier alpha value is -3.02. The highest BCUT2D eigenvalue weighted by atomic mass is 16.5. The Morgan fingerprint density at radius 2 is 2.30 bits per heavy atom. The Labute approximate surface area is 132 Å². The third-order valence-electron chi connectivity index (χ3n) is 3.61. The third kappa shape index (κ3) is 3.11. The van der Waals surface area contributed by atoms with Crippen LogP contribution >= 0.6 is 0 Å². The number of nitrogens with zero attached hydrogens (tertiary/aromatic N) is 2. The van der Waals surface area contributed by atoms with Crippen LogP contribution in [0.5, 0.6) is 5.75 Å². The summed E-state index contributed by atoms with van der Waals surface area (Å²) in [5, 5.41) is 0. The topological polar surface area (TPSA) is 84.4 Å². The smallest absolute Gasteiger partial charge is 0.248 e. The van der Waals surface area contributed by atoms with E-state index < -0.39 is 0 Å². The Morgan fingerprint density at radius 3 is 3.04 bits per heavy atom. The summed E-state index contributed by atoms with van der Waals surface area (Å²) in [4.78, 5) is 33.5. The van der Waals surface area contributed by atoms with Crippen LogP contribution in [0, 0.1) is 0 Å². The molecule has 1 aliphatic heterocycles. The van der Waals surface area contributed by atoms with E-state index in [1.54, 1.807) is 6.20 Å². The first-order valence-electron chi connectivity index (χ1n) is 7.13. The highest BCUT2D eigenvalue weighted by Crippen LogP contribution is 2.24. The molecule has 0 fully saturated rings. The fraction of sp³-hybridized carbons (Fsp3) is 0.176. The lowest BCUT2D eigenvalue weighted by Gasteiger charge is -2.12. The largest absolute Gasteiger partial charge is 0.487 e. The Bertz CT molecular complexity index is 865. The van der Waals surface area contributed by atoms with Crippen molar-refractivity contribution in [3.63, 3.8) is 0 Å². The van der Waals surface area contributed by atoms with Gasteiger partial charge in [0.25, 0.3) is 0 Å². The molecular weight excluding hydrogens is 294 g/mol. The van der Waals surface area contributed by atoms with Crippen molar-refractivity contribution in [3.05, 3.63) is 63.3 Å². The van der Waals surface area contributed by atoms with Gasteiger partial charge in [0.05, 0.1) is 17.8 Å². The van der Waals surface area contributed by atoms with Crippen LogP contribution in [-0.4, -0.2) is 29.0 Å². The van der Waals surface area contributed by atoms with E-state index in [9.17, 15) is 9.59 Å². The average molecular weight is 309 g/mol. The summed E-state index contributed by atoms with van der Waals surface area (Å²) in [5.74, 6) is 0.336. The van der Waals surface area contributed by atoms with E-state index in [2.05, 4.69) is 15.0 Å². The summed E-state index contributed by atoms with van der Waals surface area (Å²) >= 11 is 0. The zero-order valence-electron chi connectivity index (χ0n) is 12.6. The van der Waals surface area contributed by atoms with Crippen LogP contribution in [0.4, 0.5) is 0 Å². The van der Waals surface area contributed by atoms with Gasteiger partial charge in [0.2, 0.25) is 5.56 Å². The number of aromatic nitrogens is 2. The summed E-state index contributed by atoms with van der Waals surface area (Å²) in [6, 6.07) is 4.97. The summed E-state index contributed by atoms with van der Waals surface area (Å²) < 4.78 is 5.70. The zero-order chi connectivity index (χ0) is 16.2. The minimum atomic E-state index is -0.342. The van der Waals surface area contributed by atoms with Gasteiger partial charge in [-0.2, -0.15) is 0 Å². The van der Waals surface area contributed by atoms with E-state index in [0.717, 1.165) is 22.4 Å². The molecule has 0 saturated carbocycles. The maximum Gasteiger partial charge on any atom is 0.248 e. The Kier molecular flexibility index (Phi) is 4.14. The molecule has 0 bridgehead atoms. The van der Waals surface area contributed by atoms with Gasteiger partial charge >= 0.3 is 0 Å². The van der Waals surface area contributed by atoms with Crippen LogP contribution in [0.3, 0.4) is 0 Å². The first-order chi connectivity index (χ1) is 11.2. The van der Waals surface area contributed by atoms with Crippen molar-refractivity contribution in [2.45, 2.75) is 13.5 Å². The molecule has 0 saturated heterocycles. The molecule has 1 aliphatic rings. The number of aliphatic imine (C=N–C) groups is 1. The average Bonchev–Trinajstić information content (AvgIpc) is 2.99. The summed E-state index contributed by atoms with van der Waals surface area (Å²) in [5.41, 5.74) is 3.78. The van der Waals surface area contributed by atoms with Crippen LogP contribution in [0.15, 0.2) is 46.0 Å². The number of H-pyrrole nitrogens is 1. The number of aromatic amines is 1. The maximum absolute atomic E-state index is 11.2. The quantitative estimate of drug-likeness (QED) is 0.856. The van der Waals surface area contributed by atoms with Crippen molar-refractivity contribution in [3.8, 4) is 5.75 Å². The van der Waals surface area contributed by atoms with E-state index in [-0.39, 0.29) is 17.7 Å². The molecule has 3 heterocycles. The predicted octanol–water partition coefficient (Wildman–Crippen LogP) is 2.02. The molecular formula is C17H15N3O3. The molecule has 6 nitrogen and oxygen atoms in total. The number of ether oxygens (including phenoxy) is 1. The van der Waals surface area contributed by atoms with Crippen molar-refractivity contribution in [2.75, 3.05) is 6.54 Å². The Balaban J connectivity index is 1.86. The highest BCUT2D eigenvalue weighted by molar-refractivity contribution is 5.94. The molecule has 2 aromatic heterocycles. The minimum absolute atomic E-state index is 0.221. The second kappa shape index (κ2) is 6.39. The maximum atomic E-state index is 11.2. The second-order valence-electron chi connectivity index (χ2n) is 5.17. The predicted molar refractivity (Wildman–Crippen MR) is 87.0 cm³/mol. The van der Waals surface area contributed by atoms with Gasteiger partial charge in [-0.15, -0.1) is 0 Å². The number of pyridine rings is 2. The van der Waals surface area contributed by atoms with Crippen LogP contribution < -0.4 is 10.3 Å². The molecule has 0 amide bonds. The van der Waals surface area contributed by atoms with Gasteiger partial charge in [-0.1, -0.05) is 6.07 Å². The van der Waals surface area contributed by atoms with Gasteiger partial charge in [-0.05, 0) is 18.6 Å². The third-order valence-corrected chi connectivity index (χ3v) is 3.61. The van der Waals surface area contributed by atoms with E-state index in [4.69, 9.17) is 4.74 Å². The fourth-order valence-electron chi connectivity index (χ4n) is 2.41. The van der Waals surface area contributed by atoms with Crippen molar-refractivity contribution in [1.29, 1.82) is 0 Å². The molecule has 1 N–H and O–H groups in total. The number of carbonyl (C=O) groups excluding carboxylic acids is 1. The summed E-state index contributed by atoms with van der Waals surface area (Å²) in [7, 11) is 0. The van der Waals surface area contributed by atoms with Crippen molar-refractivity contribution in [2.24, 2.45) is 4.99 Å². The van der Waals surface area contributed by atoms with Crippen molar-refractivity contribution >= 4 is 18.1 Å². The lowest BCUT2D eigenvalue weighted by Crippen LogP contribution is -2.09. The van der Waals surface area contributed by atoms with E-state index in [0.29, 0.717) is 18.6 Å². The number of hydrogen-bond acceptors (Lipinski definition) is 5. The molecule has 0 aliphatic carbocycles. The lowest BCUT2D eigenvalue weighted by atomic mass is 10.0. The monoisotopic (exact) mass is 309 g/mol. The number of nitrogens with one attached hydrogen (secondary N) is 1. The standard InChI is InChI=1S/C17H15N3O3/c1-11-6-18-7-14(11)17-12(3-2-4-19-17)10-23-15-8-20-16(22)5-13(15)9-21/h2-6,8-9H,7,10H2,1H3,(H,20,22). The number of allylic oxidation sites excluding steroid dienone is 1. The molecule has 116 valence electrons. The summed E-state index contributed by atoms with van der Waals surface area (Å²) in [6.07, 6.45) is 5.56. The lowest BCUT2D eigenvalue weighted by molar-refractivity contribution is 0.111. The number of rotatable bonds is 5. The van der Waals surface area contributed by atoms with Crippen molar-refractivity contribution < 1.29 is 9.53 Å². The molecule has 3 rings (SSSR count). The van der Waals surface area contributed by atoms with Gasteiger partial charge in [0.1, 0.15) is 12.4 Å². The zero-order valence-corrected chi connectivity index (χ0v) is 12.6. The molecule has 0 spiro atoms. The van der Waals surface area contributed by atoms with E-state index in [1.165, 1.54) is 12.3 Å². The van der Waals surface area contributed by atoms with Crippen LogP contribution in [0.25, 0.3) is 5.57 Å².